The number of hydrogen-bond acceptors (Lipinski definition) is 2. The van der Waals surface area contributed by atoms with Gasteiger partial charge in [0, 0.05) is 0 Å². The van der Waals surface area contributed by atoms with Gasteiger partial charge < -0.3 is 10.4 Å². The number of para-hydroxylation sites is 1. The number of anilines is 1. The molecule has 25 heavy (non-hydrogen) atoms. The highest BCUT2D eigenvalue weighted by molar-refractivity contribution is 5.95. The molecule has 1 aliphatic heterocycles. The molecule has 3 heteroatoms. The molecule has 2 N–H and O–H groups in total. The Kier molecular flexibility index (Phi) is 3.21. The van der Waals surface area contributed by atoms with Crippen molar-refractivity contribution in [1.29, 1.82) is 0 Å². The Morgan fingerprint density at radius 3 is 2.72 bits per heavy atom. The molecule has 2 bridgehead atoms. The number of nitrogens with one attached hydrogen (secondary N) is 1. The Hall–Kier alpha value is -2.29. The van der Waals surface area contributed by atoms with E-state index in [1.54, 1.807) is 6.07 Å². The van der Waals surface area contributed by atoms with Crippen LogP contribution >= 0.6 is 0 Å². The van der Waals surface area contributed by atoms with Crippen molar-refractivity contribution in [3.05, 3.63) is 64.7 Å². The van der Waals surface area contributed by atoms with Gasteiger partial charge in [0.05, 0.1) is 17.3 Å². The van der Waals surface area contributed by atoms with E-state index in [4.69, 9.17) is 0 Å². The first kappa shape index (κ1) is 15.0. The summed E-state index contributed by atoms with van der Waals surface area (Å²) in [5.74, 6) is 1.72. The first-order valence-corrected chi connectivity index (χ1v) is 9.33. The van der Waals surface area contributed by atoms with Crippen LogP contribution in [0, 0.1) is 24.7 Å². The monoisotopic (exact) mass is 333 g/mol. The van der Waals surface area contributed by atoms with Crippen LogP contribution in [0.25, 0.3) is 0 Å². The summed E-state index contributed by atoms with van der Waals surface area (Å²) in [5.41, 5.74) is 5.07. The van der Waals surface area contributed by atoms with Gasteiger partial charge in [-0.2, -0.15) is 0 Å². The van der Waals surface area contributed by atoms with Crippen molar-refractivity contribution in [1.82, 2.24) is 0 Å². The van der Waals surface area contributed by atoms with Crippen LogP contribution in [0.5, 0.6) is 0 Å². The van der Waals surface area contributed by atoms with Crippen molar-refractivity contribution in [3.63, 3.8) is 0 Å². The summed E-state index contributed by atoms with van der Waals surface area (Å²) in [5, 5.41) is 13.3. The number of carboxylic acid groups (broad SMARTS) is 1. The highest BCUT2D eigenvalue weighted by Gasteiger charge is 2.54. The summed E-state index contributed by atoms with van der Waals surface area (Å²) in [7, 11) is 0. The summed E-state index contributed by atoms with van der Waals surface area (Å²) in [6.07, 6.45) is 3.92. The van der Waals surface area contributed by atoms with E-state index in [1.165, 1.54) is 36.0 Å². The zero-order valence-corrected chi connectivity index (χ0v) is 14.4. The summed E-state index contributed by atoms with van der Waals surface area (Å²) in [4.78, 5) is 11.8. The molecule has 2 aromatic carbocycles. The second kappa shape index (κ2) is 5.35. The zero-order valence-electron chi connectivity index (χ0n) is 14.4. The Bertz CT molecular complexity index is 859. The van der Waals surface area contributed by atoms with E-state index in [0.29, 0.717) is 23.3 Å². The predicted octanol–water partition coefficient (Wildman–Crippen LogP) is 4.99. The Morgan fingerprint density at radius 2 is 1.92 bits per heavy atom. The molecule has 0 spiro atoms. The predicted molar refractivity (Wildman–Crippen MR) is 98.0 cm³/mol. The molecule has 1 heterocycles. The van der Waals surface area contributed by atoms with Crippen molar-refractivity contribution < 1.29 is 9.90 Å². The van der Waals surface area contributed by atoms with Crippen molar-refractivity contribution >= 4 is 11.7 Å². The van der Waals surface area contributed by atoms with Crippen molar-refractivity contribution in [3.8, 4) is 0 Å². The van der Waals surface area contributed by atoms with E-state index < -0.39 is 5.97 Å². The van der Waals surface area contributed by atoms with Gasteiger partial charge in [0.25, 0.3) is 0 Å². The van der Waals surface area contributed by atoms with Crippen molar-refractivity contribution in [2.45, 2.75) is 38.1 Å². The molecule has 2 aliphatic carbocycles. The molecule has 128 valence electrons. The second-order valence-corrected chi connectivity index (χ2v) is 8.05. The van der Waals surface area contributed by atoms with Crippen LogP contribution in [0.1, 0.15) is 58.3 Å². The van der Waals surface area contributed by atoms with E-state index >= 15 is 0 Å². The fraction of sp³-hybridized carbons (Fsp3) is 0.409. The number of fused-ring (bicyclic) bond motifs is 7. The molecular formula is C22H23NO2. The van der Waals surface area contributed by atoms with Gasteiger partial charge in [0.2, 0.25) is 0 Å². The minimum Gasteiger partial charge on any atom is -0.478 e. The number of carbonyl (C=O) groups is 1. The van der Waals surface area contributed by atoms with E-state index in [0.717, 1.165) is 11.6 Å². The standard InChI is InChI=1S/C22H23NO2/c1-12-4-2-5-15(10-12)20-19-14-9-8-13(11-14)18(19)16-6-3-7-17(22(24)25)21(16)23-20/h2-7,10,13-14,18-20,23H,8-9,11H2,1H3,(H,24,25)/t13-,14-,18+,19-,20-/m0/s1. The van der Waals surface area contributed by atoms with Gasteiger partial charge in [-0.05, 0) is 67.1 Å². The highest BCUT2D eigenvalue weighted by Crippen LogP contribution is 2.63. The summed E-state index contributed by atoms with van der Waals surface area (Å²) in [6, 6.07) is 14.7. The van der Waals surface area contributed by atoms with Gasteiger partial charge in [-0.1, -0.05) is 42.0 Å². The van der Waals surface area contributed by atoms with Crippen LogP contribution in [0.2, 0.25) is 0 Å². The summed E-state index contributed by atoms with van der Waals surface area (Å²) in [6.45, 7) is 2.13. The third-order valence-corrected chi connectivity index (χ3v) is 6.75. The minimum atomic E-state index is -0.839. The highest BCUT2D eigenvalue weighted by atomic mass is 16.4. The number of benzene rings is 2. The number of hydrogen-bond donors (Lipinski definition) is 2. The molecule has 2 aromatic rings. The van der Waals surface area contributed by atoms with Crippen LogP contribution in [-0.4, -0.2) is 11.1 Å². The molecule has 2 saturated carbocycles. The first-order chi connectivity index (χ1) is 12.1. The summed E-state index contributed by atoms with van der Waals surface area (Å²) < 4.78 is 0. The molecule has 0 amide bonds. The third-order valence-electron chi connectivity index (χ3n) is 6.75. The second-order valence-electron chi connectivity index (χ2n) is 8.05. The third kappa shape index (κ3) is 2.14. The van der Waals surface area contributed by atoms with Gasteiger partial charge >= 0.3 is 5.97 Å². The zero-order chi connectivity index (χ0) is 17.1. The Morgan fingerprint density at radius 1 is 1.12 bits per heavy atom. The molecule has 3 aliphatic rings. The first-order valence-electron chi connectivity index (χ1n) is 9.33. The lowest BCUT2D eigenvalue weighted by Gasteiger charge is -2.44. The van der Waals surface area contributed by atoms with Gasteiger partial charge in [-0.15, -0.1) is 0 Å². The lowest BCUT2D eigenvalue weighted by atomic mass is 9.67. The van der Waals surface area contributed by atoms with E-state index in [2.05, 4.69) is 42.6 Å². The maximum atomic E-state index is 11.8. The smallest absolute Gasteiger partial charge is 0.337 e. The molecule has 5 rings (SSSR count). The van der Waals surface area contributed by atoms with Crippen LogP contribution in [0.15, 0.2) is 42.5 Å². The van der Waals surface area contributed by atoms with E-state index in [9.17, 15) is 9.90 Å². The van der Waals surface area contributed by atoms with Crippen LogP contribution in [0.4, 0.5) is 5.69 Å². The molecule has 0 saturated heterocycles. The lowest BCUT2D eigenvalue weighted by Crippen LogP contribution is -2.36. The normalized spacial score (nSPS) is 32.0. The number of carboxylic acids is 1. The lowest BCUT2D eigenvalue weighted by molar-refractivity contribution is 0.0697. The fourth-order valence-corrected chi connectivity index (χ4v) is 5.88. The molecular weight excluding hydrogens is 310 g/mol. The number of aryl methyl sites for hydroxylation is 1. The Labute approximate surface area is 148 Å². The molecule has 3 nitrogen and oxygen atoms in total. The Balaban J connectivity index is 1.68. The molecule has 2 fully saturated rings. The van der Waals surface area contributed by atoms with Crippen LogP contribution in [-0.2, 0) is 0 Å². The number of aromatic carboxylic acids is 1. The fourth-order valence-electron chi connectivity index (χ4n) is 5.88. The average molecular weight is 333 g/mol. The molecule has 5 atom stereocenters. The van der Waals surface area contributed by atoms with Gasteiger partial charge in [-0.25, -0.2) is 4.79 Å². The van der Waals surface area contributed by atoms with Crippen molar-refractivity contribution in [2.75, 3.05) is 5.32 Å². The van der Waals surface area contributed by atoms with Crippen LogP contribution < -0.4 is 5.32 Å². The molecule has 0 radical (unpaired) electrons. The van der Waals surface area contributed by atoms with E-state index in [-0.39, 0.29) is 6.04 Å². The SMILES string of the molecule is Cc1cccc([C@@H]2Nc3c(C(=O)O)cccc3[C@H]3[C@H]4CC[C@@H](C4)[C@@H]32)c1. The van der Waals surface area contributed by atoms with Gasteiger partial charge in [0.1, 0.15) is 0 Å². The maximum Gasteiger partial charge on any atom is 0.337 e. The molecule has 0 aromatic heterocycles. The topological polar surface area (TPSA) is 49.3 Å². The van der Waals surface area contributed by atoms with Gasteiger partial charge in [-0.3, -0.25) is 0 Å². The molecule has 0 unspecified atom stereocenters. The van der Waals surface area contributed by atoms with Crippen LogP contribution in [0.3, 0.4) is 0 Å². The quantitative estimate of drug-likeness (QED) is 0.814. The van der Waals surface area contributed by atoms with E-state index in [1.807, 2.05) is 6.07 Å². The van der Waals surface area contributed by atoms with Crippen molar-refractivity contribution in [2.24, 2.45) is 17.8 Å². The average Bonchev–Trinajstić information content (AvgIpc) is 3.22. The van der Waals surface area contributed by atoms with Gasteiger partial charge in [0.15, 0.2) is 0 Å². The summed E-state index contributed by atoms with van der Waals surface area (Å²) >= 11 is 0. The maximum absolute atomic E-state index is 11.8. The minimum absolute atomic E-state index is 0.216. The largest absolute Gasteiger partial charge is 0.478 e. The number of rotatable bonds is 2.